The molecule has 0 amide bonds. The summed E-state index contributed by atoms with van der Waals surface area (Å²) in [6.45, 7) is 3.00. The van der Waals surface area contributed by atoms with E-state index >= 15 is 52.7 Å². The van der Waals surface area contributed by atoms with Gasteiger partial charge in [-0.1, -0.05) is 14.7 Å². The van der Waals surface area contributed by atoms with Crippen LogP contribution in [0, 0.1) is 13.8 Å². The first-order chi connectivity index (χ1) is 29.5. The molecule has 0 aromatic carbocycles. The van der Waals surface area contributed by atoms with Gasteiger partial charge in [-0.25, -0.2) is 9.97 Å². The summed E-state index contributed by atoms with van der Waals surface area (Å²) < 4.78 is 190. The summed E-state index contributed by atoms with van der Waals surface area (Å²) in [6.07, 6.45) is -17.1. The molecule has 0 bridgehead atoms. The number of hydrogen-bond acceptors (Lipinski definition) is 9. The highest BCUT2D eigenvalue weighted by Crippen LogP contribution is 2.47. The Morgan fingerprint density at radius 2 is 1.41 bits per heavy atom. The van der Waals surface area contributed by atoms with E-state index < -0.39 is 118 Å². The van der Waals surface area contributed by atoms with Crippen LogP contribution < -0.4 is 9.93 Å². The van der Waals surface area contributed by atoms with E-state index in [0.29, 0.717) is 11.0 Å². The van der Waals surface area contributed by atoms with E-state index in [1.807, 2.05) is 0 Å². The number of imidazole rings is 2. The Hall–Kier alpha value is -6.87. The molecular weight excluding hydrogens is 874 g/mol. The Morgan fingerprint density at radius 1 is 0.730 bits per heavy atom. The zero-order valence-corrected chi connectivity index (χ0v) is 32.4. The maximum atomic E-state index is 16.2. The molecule has 3 N–H and O–H groups in total. The Kier molecular flexibility index (Phi) is 10.1. The monoisotopic (exact) mass is 904 g/mol. The highest BCUT2D eigenvalue weighted by molar-refractivity contribution is 5.45. The summed E-state index contributed by atoms with van der Waals surface area (Å²) in [6, 6.07) is 0.419. The molecule has 0 saturated heterocycles. The first-order valence-electron chi connectivity index (χ1n) is 18.3. The molecule has 63 heavy (non-hydrogen) atoms. The Morgan fingerprint density at radius 3 is 1.98 bits per heavy atom. The molecule has 2 atom stereocenters. The average Bonchev–Trinajstić information content (AvgIpc) is 4.03. The number of aromatic amines is 3. The third-order valence-corrected chi connectivity index (χ3v) is 10.5. The second kappa shape index (κ2) is 14.9. The van der Waals surface area contributed by atoms with Crippen molar-refractivity contribution < 1.29 is 57.2 Å². The number of halogens is 12. The molecule has 7 aromatic heterocycles. The normalized spacial score (nSPS) is 17.8. The van der Waals surface area contributed by atoms with Crippen LogP contribution in [0.4, 0.5) is 52.7 Å². The van der Waals surface area contributed by atoms with Crippen molar-refractivity contribution in [2.45, 2.75) is 77.2 Å². The molecule has 334 valence electrons. The van der Waals surface area contributed by atoms with Crippen molar-refractivity contribution >= 4 is 0 Å². The molecule has 1 aliphatic rings. The van der Waals surface area contributed by atoms with Crippen LogP contribution in [-0.2, 0) is 44.2 Å². The lowest BCUT2D eigenvalue weighted by atomic mass is 10.0. The minimum atomic E-state index is -5.65. The van der Waals surface area contributed by atoms with E-state index in [4.69, 9.17) is 4.52 Å². The average molecular weight is 905 g/mol. The second-order valence-electron chi connectivity index (χ2n) is 14.4. The van der Waals surface area contributed by atoms with Crippen molar-refractivity contribution in [3.05, 3.63) is 135 Å². The van der Waals surface area contributed by atoms with Crippen molar-refractivity contribution in [2.75, 3.05) is 5.12 Å². The van der Waals surface area contributed by atoms with E-state index in [2.05, 4.69) is 50.6 Å². The Labute approximate surface area is 344 Å². The largest absolute Gasteiger partial charge is 0.438 e. The van der Waals surface area contributed by atoms with E-state index in [-0.39, 0.29) is 37.7 Å². The van der Waals surface area contributed by atoms with Gasteiger partial charge in [0.25, 0.3) is 0 Å². The molecule has 16 nitrogen and oxygen atoms in total. The van der Waals surface area contributed by atoms with Crippen LogP contribution in [-0.4, -0.2) is 77.2 Å². The molecule has 0 radical (unpaired) electrons. The number of nitrogens with zero attached hydrogens (tertiary/aromatic N) is 12. The Bertz CT molecular complexity index is 2730. The minimum Gasteiger partial charge on any atom is -0.361 e. The van der Waals surface area contributed by atoms with Crippen LogP contribution in [0.2, 0.25) is 0 Å². The number of H-pyrrole nitrogens is 3. The molecule has 2 unspecified atom stereocenters. The molecule has 8 heterocycles. The molecule has 7 aromatic rings. The summed E-state index contributed by atoms with van der Waals surface area (Å²) in [7, 11) is 0. The lowest BCUT2D eigenvalue weighted by Crippen LogP contribution is -2.76. The topological polar surface area (TPSA) is 169 Å². The fourth-order valence-corrected chi connectivity index (χ4v) is 7.74. The van der Waals surface area contributed by atoms with Gasteiger partial charge in [-0.3, -0.25) is 5.10 Å². The highest BCUT2D eigenvalue weighted by Gasteiger charge is 2.67. The lowest BCUT2D eigenvalue weighted by Gasteiger charge is -2.42. The maximum absolute atomic E-state index is 16.2. The van der Waals surface area contributed by atoms with Gasteiger partial charge in [-0.2, -0.15) is 57.8 Å². The van der Waals surface area contributed by atoms with Gasteiger partial charge in [-0.05, 0) is 32.0 Å². The van der Waals surface area contributed by atoms with E-state index in [1.54, 1.807) is 0 Å². The molecule has 0 saturated carbocycles. The number of alkyl halides is 12. The molecule has 0 aliphatic carbocycles. The first kappa shape index (κ1) is 42.8. The molecule has 8 rings (SSSR count). The van der Waals surface area contributed by atoms with Crippen molar-refractivity contribution in [1.29, 1.82) is 0 Å². The van der Waals surface area contributed by atoms with Gasteiger partial charge in [0.1, 0.15) is 17.3 Å². The smallest absolute Gasteiger partial charge is 0.361 e. The zero-order valence-electron chi connectivity index (χ0n) is 32.4. The van der Waals surface area contributed by atoms with E-state index in [1.165, 1.54) is 30.7 Å². The van der Waals surface area contributed by atoms with Crippen molar-refractivity contribution in [1.82, 2.24) is 69.8 Å². The third kappa shape index (κ3) is 7.39. The van der Waals surface area contributed by atoms with Gasteiger partial charge in [0, 0.05) is 95.0 Å². The summed E-state index contributed by atoms with van der Waals surface area (Å²) in [4.78, 5) is 11.7. The van der Waals surface area contributed by atoms with Gasteiger partial charge in [0.2, 0.25) is 5.70 Å². The quantitative estimate of drug-likeness (QED) is 0.0935. The summed E-state index contributed by atoms with van der Waals surface area (Å²) in [5.74, 6) is -0.356. The predicted molar refractivity (Wildman–Crippen MR) is 189 cm³/mol. The third-order valence-electron chi connectivity index (χ3n) is 10.5. The van der Waals surface area contributed by atoms with Gasteiger partial charge in [0.15, 0.2) is 23.1 Å². The van der Waals surface area contributed by atoms with Crippen LogP contribution in [0.5, 0.6) is 0 Å². The molecule has 0 fully saturated rings. The molecule has 0 spiro atoms. The minimum absolute atomic E-state index is 0.0233. The van der Waals surface area contributed by atoms with Crippen LogP contribution in [0.15, 0.2) is 71.4 Å². The SMILES string of the molecule is Cc1c(Cc2ccn[nH]2)c(C(F)(F)F)nn1N1C(C(F)(F)F)=C(Cc2ncc[nH]2)C(C)[N+]1(n1cc(Cc2ccno2)c(C(F)(F)F)n1)n1nc(C(F)(F)F)c(Cc2cnc[nH]2)c1C. The first-order valence-corrected chi connectivity index (χ1v) is 18.3. The standard InChI is InChI=1S/C35H30F12N15O/c1-17-24(11-21-4-6-52-54-21)29(33(39,40)41)56-59(17)61-31(35(45,46)47)26(13-27-49-8-9-50-27)19(3)62(61,58-15-20(10-23-5-7-53-63-23)28(55-58)32(36,37)38)60-18(2)25(12-22-14-48-16-51-22)30(57-60)34(42,43)44/h4-9,14-16,19H,10-13H2,1-3H3,(H,48,51)(H,49,50)(H,52,54)/q+1. The fraction of sp³-hybridized carbons (Fsp3) is 0.343. The summed E-state index contributed by atoms with van der Waals surface area (Å²) in [5.41, 5.74) is -11.1. The van der Waals surface area contributed by atoms with Crippen molar-refractivity contribution in [2.24, 2.45) is 0 Å². The number of allylic oxidation sites excluding steroid dienone is 1. The van der Waals surface area contributed by atoms with Crippen molar-refractivity contribution in [3.8, 4) is 0 Å². The Balaban J connectivity index is 1.54. The zero-order chi connectivity index (χ0) is 45.4. The number of aromatic nitrogens is 13. The predicted octanol–water partition coefficient (Wildman–Crippen LogP) is 6.80. The highest BCUT2D eigenvalue weighted by atomic mass is 19.4. The lowest BCUT2D eigenvalue weighted by molar-refractivity contribution is -0.147. The molecule has 1 aliphatic heterocycles. The molecular formula is C35H30F12N15O+. The van der Waals surface area contributed by atoms with Gasteiger partial charge < -0.3 is 14.5 Å². The van der Waals surface area contributed by atoms with E-state index in [0.717, 1.165) is 39.5 Å². The summed E-state index contributed by atoms with van der Waals surface area (Å²) >= 11 is 0. The number of quaternary nitrogens is 1. The van der Waals surface area contributed by atoms with Crippen LogP contribution >= 0.6 is 0 Å². The number of hydrogen-bond donors (Lipinski definition) is 3. The number of rotatable bonds is 11. The summed E-state index contributed by atoms with van der Waals surface area (Å²) in [5, 5.41) is 20.9. The number of nitrogens with one attached hydrogen (secondary N) is 3. The van der Waals surface area contributed by atoms with E-state index in [9.17, 15) is 0 Å². The van der Waals surface area contributed by atoms with Crippen LogP contribution in [0.25, 0.3) is 0 Å². The van der Waals surface area contributed by atoms with Gasteiger partial charge in [0.05, 0.1) is 24.4 Å². The fourth-order valence-electron chi connectivity index (χ4n) is 7.74. The van der Waals surface area contributed by atoms with Crippen molar-refractivity contribution in [3.63, 3.8) is 0 Å². The van der Waals surface area contributed by atoms with Crippen LogP contribution in [0.1, 0.15) is 75.1 Å². The van der Waals surface area contributed by atoms with Crippen LogP contribution in [0.3, 0.4) is 0 Å². The second-order valence-corrected chi connectivity index (χ2v) is 14.4. The maximum Gasteiger partial charge on any atom is 0.438 e. The van der Waals surface area contributed by atoms with Gasteiger partial charge >= 0.3 is 24.7 Å². The van der Waals surface area contributed by atoms with Gasteiger partial charge in [-0.15, -0.1) is 20.1 Å². The molecule has 28 heteroatoms.